The number of rotatable bonds is 4. The molecule has 3 N–H and O–H groups in total. The Balaban J connectivity index is 1.56. The van der Waals surface area contributed by atoms with Crippen molar-refractivity contribution in [2.24, 2.45) is 0 Å². The van der Waals surface area contributed by atoms with E-state index in [1.165, 1.54) is 17.5 Å². The molecule has 2 aromatic carbocycles. The van der Waals surface area contributed by atoms with Crippen LogP contribution in [0, 0.1) is 5.41 Å². The Kier molecular flexibility index (Phi) is 5.22. The summed E-state index contributed by atoms with van der Waals surface area (Å²) in [7, 11) is 0. The van der Waals surface area contributed by atoms with Gasteiger partial charge in [0.05, 0.1) is 32.3 Å². The topological polar surface area (TPSA) is 112 Å². The molecule has 0 radical (unpaired) electrons. The summed E-state index contributed by atoms with van der Waals surface area (Å²) in [6, 6.07) is 12.5. The van der Waals surface area contributed by atoms with Crippen molar-refractivity contribution in [2.75, 3.05) is 5.32 Å². The molecule has 0 amide bonds. The van der Waals surface area contributed by atoms with Crippen molar-refractivity contribution >= 4 is 57.2 Å². The number of hydrogen-bond acceptors (Lipinski definition) is 7. The Morgan fingerprint density at radius 2 is 1.88 bits per heavy atom. The lowest BCUT2D eigenvalue weighted by atomic mass is 10.1. The zero-order valence-electron chi connectivity index (χ0n) is 16.1. The standard InChI is InChI=1S/C21H13Cl2N7OS/c22-14-5-2-6-15(23)17(14)30-18(24)13-8-25-20(28-19(13)29-21(30)31)27-12-4-1-3-11(7-12)16-9-32-10-26-16/h1-10,24H,(H2,25,27,28,29,31). The Morgan fingerprint density at radius 3 is 2.62 bits per heavy atom. The number of aromatic amines is 1. The van der Waals surface area contributed by atoms with Crippen LogP contribution in [-0.2, 0) is 0 Å². The van der Waals surface area contributed by atoms with Crippen LogP contribution < -0.4 is 16.5 Å². The molecule has 0 aliphatic carbocycles. The van der Waals surface area contributed by atoms with Gasteiger partial charge in [0, 0.05) is 22.8 Å². The van der Waals surface area contributed by atoms with E-state index in [2.05, 4.69) is 25.3 Å². The van der Waals surface area contributed by atoms with E-state index < -0.39 is 5.69 Å². The van der Waals surface area contributed by atoms with Gasteiger partial charge in [0.15, 0.2) is 5.65 Å². The number of nitrogens with one attached hydrogen (secondary N) is 3. The number of halogens is 2. The van der Waals surface area contributed by atoms with Crippen molar-refractivity contribution in [3.8, 4) is 16.9 Å². The third-order valence-electron chi connectivity index (χ3n) is 4.70. The Labute approximate surface area is 194 Å². The number of aromatic nitrogens is 5. The molecule has 0 aliphatic heterocycles. The minimum atomic E-state index is -0.590. The van der Waals surface area contributed by atoms with Crippen molar-refractivity contribution in [1.82, 2.24) is 24.5 Å². The van der Waals surface area contributed by atoms with E-state index in [0.29, 0.717) is 5.39 Å². The summed E-state index contributed by atoms with van der Waals surface area (Å²) in [5, 5.41) is 14.5. The largest absolute Gasteiger partial charge is 0.333 e. The normalized spacial score (nSPS) is 11.1. The maximum atomic E-state index is 12.8. The second kappa shape index (κ2) is 8.19. The Bertz CT molecular complexity index is 1560. The lowest BCUT2D eigenvalue weighted by Crippen LogP contribution is -2.34. The molecule has 0 unspecified atom stereocenters. The lowest BCUT2D eigenvalue weighted by Gasteiger charge is -2.12. The molecule has 0 aliphatic rings. The van der Waals surface area contributed by atoms with Crippen molar-refractivity contribution in [2.45, 2.75) is 0 Å². The molecule has 0 bridgehead atoms. The van der Waals surface area contributed by atoms with E-state index in [1.807, 2.05) is 29.6 Å². The first-order chi connectivity index (χ1) is 15.5. The van der Waals surface area contributed by atoms with Gasteiger partial charge in [-0.3, -0.25) is 10.4 Å². The fourth-order valence-corrected chi connectivity index (χ4v) is 4.37. The fraction of sp³-hybridized carbons (Fsp3) is 0. The van der Waals surface area contributed by atoms with Crippen molar-refractivity contribution < 1.29 is 0 Å². The molecule has 32 heavy (non-hydrogen) atoms. The second-order valence-corrected chi connectivity index (χ2v) is 8.25. The number of hydrogen-bond donors (Lipinski definition) is 3. The highest BCUT2D eigenvalue weighted by Crippen LogP contribution is 2.27. The van der Waals surface area contributed by atoms with E-state index in [1.54, 1.807) is 23.7 Å². The molecular weight excluding hydrogens is 469 g/mol. The highest BCUT2D eigenvalue weighted by atomic mass is 35.5. The smallest absolute Gasteiger partial charge is 0.324 e. The average Bonchev–Trinajstić information content (AvgIpc) is 3.31. The van der Waals surface area contributed by atoms with Crippen molar-refractivity contribution in [1.29, 1.82) is 5.41 Å². The first-order valence-electron chi connectivity index (χ1n) is 9.28. The zero-order valence-corrected chi connectivity index (χ0v) is 18.5. The van der Waals surface area contributed by atoms with Gasteiger partial charge in [-0.1, -0.05) is 41.4 Å². The molecule has 5 rings (SSSR count). The second-order valence-electron chi connectivity index (χ2n) is 6.72. The van der Waals surface area contributed by atoms with Gasteiger partial charge in [-0.15, -0.1) is 11.3 Å². The number of fused-ring (bicyclic) bond motifs is 1. The third kappa shape index (κ3) is 3.66. The predicted molar refractivity (Wildman–Crippen MR) is 126 cm³/mol. The number of nitrogens with zero attached hydrogens (tertiary/aromatic N) is 4. The quantitative estimate of drug-likeness (QED) is 0.342. The molecule has 11 heteroatoms. The van der Waals surface area contributed by atoms with Crippen molar-refractivity contribution in [3.63, 3.8) is 0 Å². The van der Waals surface area contributed by atoms with Crippen LogP contribution in [0.25, 0.3) is 28.0 Å². The minimum absolute atomic E-state index is 0.129. The van der Waals surface area contributed by atoms with E-state index in [9.17, 15) is 4.79 Å². The van der Waals surface area contributed by atoms with Crippen LogP contribution in [0.2, 0.25) is 10.0 Å². The number of H-pyrrole nitrogens is 1. The molecule has 0 atom stereocenters. The van der Waals surface area contributed by atoms with Crippen LogP contribution in [0.3, 0.4) is 0 Å². The SMILES string of the molecule is N=c1c2cnc(Nc3cccc(-c4cscn4)c3)nc2[nH]c(=O)n1-c1c(Cl)cccc1Cl. The maximum absolute atomic E-state index is 12.8. The molecule has 8 nitrogen and oxygen atoms in total. The zero-order chi connectivity index (χ0) is 22.2. The summed E-state index contributed by atoms with van der Waals surface area (Å²) in [5.74, 6) is 0.275. The lowest BCUT2D eigenvalue weighted by molar-refractivity contribution is 0.854. The van der Waals surface area contributed by atoms with E-state index in [4.69, 9.17) is 28.6 Å². The van der Waals surface area contributed by atoms with Gasteiger partial charge < -0.3 is 5.32 Å². The molecule has 3 heterocycles. The monoisotopic (exact) mass is 481 g/mol. The first-order valence-corrected chi connectivity index (χ1v) is 11.0. The summed E-state index contributed by atoms with van der Waals surface area (Å²) in [4.78, 5) is 28.5. The maximum Gasteiger partial charge on any atom is 0.333 e. The third-order valence-corrected chi connectivity index (χ3v) is 5.90. The molecule has 158 valence electrons. The van der Waals surface area contributed by atoms with Crippen LogP contribution in [0.5, 0.6) is 0 Å². The number of benzene rings is 2. The van der Waals surface area contributed by atoms with Gasteiger partial charge in [0.2, 0.25) is 5.95 Å². The van der Waals surface area contributed by atoms with Crippen LogP contribution in [-0.4, -0.2) is 24.5 Å². The Hall–Kier alpha value is -3.53. The van der Waals surface area contributed by atoms with Gasteiger partial charge >= 0.3 is 5.69 Å². The average molecular weight is 482 g/mol. The predicted octanol–water partition coefficient (Wildman–Crippen LogP) is 4.76. The summed E-state index contributed by atoms with van der Waals surface area (Å²) in [6.45, 7) is 0. The molecule has 5 aromatic rings. The summed E-state index contributed by atoms with van der Waals surface area (Å²) in [6.07, 6.45) is 1.47. The molecule has 3 aromatic heterocycles. The van der Waals surface area contributed by atoms with Gasteiger partial charge in [0.1, 0.15) is 5.49 Å². The van der Waals surface area contributed by atoms with E-state index in [-0.39, 0.29) is 32.8 Å². The summed E-state index contributed by atoms with van der Waals surface area (Å²) < 4.78 is 1.10. The molecule has 0 saturated carbocycles. The van der Waals surface area contributed by atoms with Crippen LogP contribution in [0.1, 0.15) is 0 Å². The van der Waals surface area contributed by atoms with Crippen LogP contribution in [0.4, 0.5) is 11.6 Å². The number of thiazole rings is 1. The van der Waals surface area contributed by atoms with Crippen LogP contribution in [0.15, 0.2) is 64.3 Å². The van der Waals surface area contributed by atoms with Crippen LogP contribution >= 0.6 is 34.5 Å². The summed E-state index contributed by atoms with van der Waals surface area (Å²) in [5.41, 5.74) is 4.09. The van der Waals surface area contributed by atoms with Gasteiger partial charge in [-0.2, -0.15) is 4.98 Å². The highest BCUT2D eigenvalue weighted by molar-refractivity contribution is 7.07. The van der Waals surface area contributed by atoms with E-state index >= 15 is 0 Å². The van der Waals surface area contributed by atoms with Gasteiger partial charge in [0.25, 0.3) is 0 Å². The fourth-order valence-electron chi connectivity index (χ4n) is 3.25. The number of para-hydroxylation sites is 1. The highest BCUT2D eigenvalue weighted by Gasteiger charge is 2.15. The molecule has 0 saturated heterocycles. The van der Waals surface area contributed by atoms with Crippen molar-refractivity contribution in [3.05, 3.63) is 85.6 Å². The molecular formula is C21H13Cl2N7OS. The molecule has 0 fully saturated rings. The molecule has 0 spiro atoms. The first kappa shape index (κ1) is 20.4. The Morgan fingerprint density at radius 1 is 1.09 bits per heavy atom. The van der Waals surface area contributed by atoms with Gasteiger partial charge in [-0.25, -0.2) is 19.3 Å². The minimum Gasteiger partial charge on any atom is -0.324 e. The summed E-state index contributed by atoms with van der Waals surface area (Å²) >= 11 is 14.0. The van der Waals surface area contributed by atoms with E-state index in [0.717, 1.165) is 21.5 Å². The van der Waals surface area contributed by atoms with Gasteiger partial charge in [-0.05, 0) is 24.3 Å². The number of anilines is 2.